The monoisotopic (exact) mass is 511 g/mol. The molecule has 1 atom stereocenters. The molecule has 1 amide bonds. The van der Waals surface area contributed by atoms with E-state index < -0.39 is 29.8 Å². The summed E-state index contributed by atoms with van der Waals surface area (Å²) >= 11 is 0. The molecule has 0 aliphatic carbocycles. The van der Waals surface area contributed by atoms with Crippen LogP contribution < -0.4 is 14.4 Å². The minimum atomic E-state index is -4.87. The number of hydrogen-bond acceptors (Lipinski definition) is 5. The van der Waals surface area contributed by atoms with Crippen LogP contribution in [-0.2, 0) is 9.59 Å². The van der Waals surface area contributed by atoms with Crippen molar-refractivity contribution in [2.45, 2.75) is 39.3 Å². The van der Waals surface area contributed by atoms with Gasteiger partial charge in [-0.05, 0) is 74.9 Å². The van der Waals surface area contributed by atoms with E-state index in [-0.39, 0.29) is 23.1 Å². The Bertz CT molecular complexity index is 1350. The van der Waals surface area contributed by atoms with Gasteiger partial charge in [0.05, 0.1) is 17.7 Å². The van der Waals surface area contributed by atoms with E-state index in [1.807, 2.05) is 26.8 Å². The first-order valence-electron chi connectivity index (χ1n) is 11.4. The van der Waals surface area contributed by atoms with Crippen molar-refractivity contribution in [3.63, 3.8) is 0 Å². The molecule has 0 saturated carbocycles. The average Bonchev–Trinajstić information content (AvgIpc) is 3.09. The second kappa shape index (κ2) is 10.0. The first kappa shape index (κ1) is 25.8. The largest absolute Gasteiger partial charge is 0.573 e. The Hall–Kier alpha value is -4.27. The average molecular weight is 511 g/mol. The maximum atomic E-state index is 13.2. The molecule has 6 nitrogen and oxygen atoms in total. The SMILES string of the molecule is Cc1cccc(C2/C(=C(/O)c3ccc(OC(C)C)cc3)C(=O)C(=O)N2c2ccc(OC(F)(F)F)cc2)c1. The van der Waals surface area contributed by atoms with Gasteiger partial charge in [0.2, 0.25) is 0 Å². The highest BCUT2D eigenvalue weighted by atomic mass is 19.4. The number of hydrogen-bond donors (Lipinski definition) is 1. The van der Waals surface area contributed by atoms with Gasteiger partial charge in [-0.25, -0.2) is 0 Å². The molecule has 3 aromatic carbocycles. The van der Waals surface area contributed by atoms with E-state index in [2.05, 4.69) is 4.74 Å². The summed E-state index contributed by atoms with van der Waals surface area (Å²) in [7, 11) is 0. The number of benzene rings is 3. The Labute approximate surface area is 211 Å². The molecule has 9 heteroatoms. The highest BCUT2D eigenvalue weighted by Crippen LogP contribution is 2.43. The predicted molar refractivity (Wildman–Crippen MR) is 131 cm³/mol. The van der Waals surface area contributed by atoms with Crippen LogP contribution in [0.15, 0.2) is 78.4 Å². The smallest absolute Gasteiger partial charge is 0.507 e. The number of anilines is 1. The van der Waals surface area contributed by atoms with E-state index >= 15 is 0 Å². The first-order valence-corrected chi connectivity index (χ1v) is 11.4. The number of amides is 1. The summed E-state index contributed by atoms with van der Waals surface area (Å²) in [6.45, 7) is 5.59. The van der Waals surface area contributed by atoms with E-state index in [0.717, 1.165) is 22.6 Å². The second-order valence-electron chi connectivity index (χ2n) is 8.82. The van der Waals surface area contributed by atoms with E-state index in [4.69, 9.17) is 4.74 Å². The number of aryl methyl sites for hydroxylation is 1. The van der Waals surface area contributed by atoms with Gasteiger partial charge in [0, 0.05) is 11.3 Å². The number of carbonyl (C=O) groups excluding carboxylic acids is 2. The fourth-order valence-electron chi connectivity index (χ4n) is 4.18. The fourth-order valence-corrected chi connectivity index (χ4v) is 4.18. The number of Topliss-reactive ketones (excluding diaryl/α,β-unsaturated/α-hetero) is 1. The van der Waals surface area contributed by atoms with Gasteiger partial charge >= 0.3 is 6.36 Å². The molecule has 0 spiro atoms. The van der Waals surface area contributed by atoms with Crippen molar-refractivity contribution >= 4 is 23.1 Å². The van der Waals surface area contributed by atoms with Crippen LogP contribution in [0.3, 0.4) is 0 Å². The molecule has 1 heterocycles. The molecule has 1 fully saturated rings. The normalized spacial score (nSPS) is 17.4. The van der Waals surface area contributed by atoms with Gasteiger partial charge in [0.25, 0.3) is 11.7 Å². The third-order valence-electron chi connectivity index (χ3n) is 5.65. The van der Waals surface area contributed by atoms with Crippen LogP contribution in [0.25, 0.3) is 5.76 Å². The molecule has 192 valence electrons. The summed E-state index contributed by atoms with van der Waals surface area (Å²) in [5.74, 6) is -2.10. The van der Waals surface area contributed by atoms with Gasteiger partial charge in [-0.2, -0.15) is 0 Å². The summed E-state index contributed by atoms with van der Waals surface area (Å²) < 4.78 is 47.3. The molecule has 1 aliphatic rings. The van der Waals surface area contributed by atoms with Crippen LogP contribution in [0, 0.1) is 6.92 Å². The van der Waals surface area contributed by atoms with Gasteiger partial charge in [-0.1, -0.05) is 29.8 Å². The van der Waals surface area contributed by atoms with Crippen LogP contribution in [-0.4, -0.2) is 29.3 Å². The van der Waals surface area contributed by atoms with Crippen molar-refractivity contribution in [3.8, 4) is 11.5 Å². The maximum absolute atomic E-state index is 13.2. The lowest BCUT2D eigenvalue weighted by Crippen LogP contribution is -2.29. The number of rotatable bonds is 6. The zero-order chi connectivity index (χ0) is 26.9. The van der Waals surface area contributed by atoms with E-state index in [9.17, 15) is 27.9 Å². The summed E-state index contributed by atoms with van der Waals surface area (Å²) in [4.78, 5) is 27.6. The molecule has 1 N–H and O–H groups in total. The lowest BCUT2D eigenvalue weighted by Gasteiger charge is -2.26. The van der Waals surface area contributed by atoms with Crippen LogP contribution in [0.1, 0.15) is 36.6 Å². The molecule has 0 aromatic heterocycles. The molecule has 37 heavy (non-hydrogen) atoms. The van der Waals surface area contributed by atoms with Crippen LogP contribution >= 0.6 is 0 Å². The lowest BCUT2D eigenvalue weighted by molar-refractivity contribution is -0.274. The number of ether oxygens (including phenoxy) is 2. The van der Waals surface area contributed by atoms with Gasteiger partial charge in [-0.3, -0.25) is 14.5 Å². The second-order valence-corrected chi connectivity index (χ2v) is 8.82. The molecular formula is C28H24F3NO5. The number of aliphatic hydroxyl groups is 1. The standard InChI is InChI=1S/C28H24F3NO5/c1-16(2)36-21-11-7-18(8-12-21)25(33)23-24(19-6-4-5-17(3)15-19)32(27(35)26(23)34)20-9-13-22(14-10-20)37-28(29,30)31/h4-16,24,33H,1-3H3/b25-23-. The molecule has 1 unspecified atom stereocenters. The Morgan fingerprint density at radius 2 is 1.57 bits per heavy atom. The fraction of sp³-hybridized carbons (Fsp3) is 0.214. The van der Waals surface area contributed by atoms with Crippen molar-refractivity contribution < 1.29 is 37.3 Å². The zero-order valence-corrected chi connectivity index (χ0v) is 20.2. The van der Waals surface area contributed by atoms with E-state index in [1.54, 1.807) is 42.5 Å². The number of carbonyl (C=O) groups is 2. The minimum Gasteiger partial charge on any atom is -0.507 e. The first-order chi connectivity index (χ1) is 17.4. The van der Waals surface area contributed by atoms with Crippen molar-refractivity contribution in [1.29, 1.82) is 0 Å². The highest BCUT2D eigenvalue weighted by Gasteiger charge is 2.47. The summed E-state index contributed by atoms with van der Waals surface area (Å²) in [5.41, 5.74) is 1.75. The van der Waals surface area contributed by atoms with Gasteiger partial charge in [-0.15, -0.1) is 13.2 Å². The number of halogens is 3. The summed E-state index contributed by atoms with van der Waals surface area (Å²) in [6.07, 6.45) is -4.93. The molecular weight excluding hydrogens is 487 g/mol. The van der Waals surface area contributed by atoms with Crippen LogP contribution in [0.5, 0.6) is 11.5 Å². The number of ketones is 1. The van der Waals surface area contributed by atoms with Crippen molar-refractivity contribution in [2.75, 3.05) is 4.90 Å². The van der Waals surface area contributed by atoms with Crippen molar-refractivity contribution in [1.82, 2.24) is 0 Å². The molecule has 1 aliphatic heterocycles. The molecule has 4 rings (SSSR count). The van der Waals surface area contributed by atoms with Gasteiger partial charge < -0.3 is 14.6 Å². The zero-order valence-electron chi connectivity index (χ0n) is 20.2. The van der Waals surface area contributed by atoms with Crippen LogP contribution in [0.2, 0.25) is 0 Å². The molecule has 0 radical (unpaired) electrons. The third-order valence-corrected chi connectivity index (χ3v) is 5.65. The quantitative estimate of drug-likeness (QED) is 0.239. The Morgan fingerprint density at radius 3 is 2.14 bits per heavy atom. The number of nitrogens with zero attached hydrogens (tertiary/aromatic N) is 1. The Morgan fingerprint density at radius 1 is 0.946 bits per heavy atom. The maximum Gasteiger partial charge on any atom is 0.573 e. The van der Waals surface area contributed by atoms with Gasteiger partial charge in [0.15, 0.2) is 0 Å². The van der Waals surface area contributed by atoms with E-state index in [1.165, 1.54) is 12.1 Å². The number of alkyl halides is 3. The minimum absolute atomic E-state index is 0.0565. The Kier molecular flexibility index (Phi) is 6.98. The summed E-state index contributed by atoms with van der Waals surface area (Å²) in [5, 5.41) is 11.2. The Balaban J connectivity index is 1.81. The number of aliphatic hydroxyl groups excluding tert-OH is 1. The molecule has 1 saturated heterocycles. The lowest BCUT2D eigenvalue weighted by atomic mass is 9.94. The topological polar surface area (TPSA) is 76.1 Å². The van der Waals surface area contributed by atoms with Crippen LogP contribution in [0.4, 0.5) is 18.9 Å². The molecule has 3 aromatic rings. The van der Waals surface area contributed by atoms with Gasteiger partial charge in [0.1, 0.15) is 17.3 Å². The van der Waals surface area contributed by atoms with E-state index in [0.29, 0.717) is 16.9 Å². The van der Waals surface area contributed by atoms with Crippen molar-refractivity contribution in [2.24, 2.45) is 0 Å². The predicted octanol–water partition coefficient (Wildman–Crippen LogP) is 6.31. The molecule has 0 bridgehead atoms. The van der Waals surface area contributed by atoms with Crippen molar-refractivity contribution in [3.05, 3.63) is 95.1 Å². The summed E-state index contributed by atoms with van der Waals surface area (Å²) in [6, 6.07) is 17.1. The highest BCUT2D eigenvalue weighted by molar-refractivity contribution is 6.51. The third kappa shape index (κ3) is 5.61.